The van der Waals surface area contributed by atoms with E-state index in [1.165, 1.54) is 12.4 Å². The van der Waals surface area contributed by atoms with E-state index in [1.807, 2.05) is 48.3 Å². The van der Waals surface area contributed by atoms with Crippen LogP contribution in [0.4, 0.5) is 22.9 Å². The van der Waals surface area contributed by atoms with E-state index in [0.29, 0.717) is 29.0 Å². The summed E-state index contributed by atoms with van der Waals surface area (Å²) in [5.41, 5.74) is 5.01. The fraction of sp³-hybridized carbons (Fsp3) is 0.259. The van der Waals surface area contributed by atoms with Gasteiger partial charge in [-0.1, -0.05) is 12.6 Å². The van der Waals surface area contributed by atoms with Crippen LogP contribution in [0.15, 0.2) is 61.6 Å². The molecule has 1 aliphatic rings. The summed E-state index contributed by atoms with van der Waals surface area (Å²) in [5, 5.41) is 11.6. The number of aryl methyl sites for hydroxylation is 1. The zero-order valence-electron chi connectivity index (χ0n) is 21.4. The lowest BCUT2D eigenvalue weighted by Gasteiger charge is -2.45. The van der Waals surface area contributed by atoms with Crippen LogP contribution in [0.1, 0.15) is 0 Å². The number of nitrogens with one attached hydrogen (secondary N) is 2. The van der Waals surface area contributed by atoms with Gasteiger partial charge in [-0.25, -0.2) is 9.97 Å². The Morgan fingerprint density at radius 2 is 1.97 bits per heavy atom. The molecule has 1 fully saturated rings. The normalized spacial score (nSPS) is 13.5. The van der Waals surface area contributed by atoms with Crippen molar-refractivity contribution in [3.8, 4) is 17.0 Å². The molecule has 1 amide bonds. The van der Waals surface area contributed by atoms with Crippen LogP contribution >= 0.6 is 0 Å². The van der Waals surface area contributed by atoms with Gasteiger partial charge in [-0.2, -0.15) is 5.10 Å². The lowest BCUT2D eigenvalue weighted by Crippen LogP contribution is -2.57. The first-order valence-corrected chi connectivity index (χ1v) is 11.9. The van der Waals surface area contributed by atoms with E-state index in [1.54, 1.807) is 7.11 Å². The Kier molecular flexibility index (Phi) is 6.49. The molecule has 10 nitrogen and oxygen atoms in total. The number of anilines is 4. The number of hydrogen-bond donors (Lipinski definition) is 2. The van der Waals surface area contributed by atoms with Crippen LogP contribution in [0.5, 0.6) is 5.75 Å². The van der Waals surface area contributed by atoms with Crippen molar-refractivity contribution < 1.29 is 9.53 Å². The Bertz CT molecular complexity index is 1470. The topological polar surface area (TPSA) is 100 Å². The average molecular weight is 499 g/mol. The Morgan fingerprint density at radius 1 is 1.16 bits per heavy atom. The summed E-state index contributed by atoms with van der Waals surface area (Å²) < 4.78 is 7.56. The highest BCUT2D eigenvalue weighted by Gasteiger charge is 2.31. The largest absolute Gasteiger partial charge is 0.494 e. The molecule has 5 rings (SSSR count). The number of benzene rings is 2. The van der Waals surface area contributed by atoms with Gasteiger partial charge in [0.25, 0.3) is 0 Å². The monoisotopic (exact) mass is 498 g/mol. The molecule has 3 heterocycles. The third-order valence-electron chi connectivity index (χ3n) is 6.67. The van der Waals surface area contributed by atoms with Crippen LogP contribution in [-0.4, -0.2) is 70.9 Å². The number of hydrogen-bond acceptors (Lipinski definition) is 8. The van der Waals surface area contributed by atoms with Crippen molar-refractivity contribution in [2.75, 3.05) is 49.8 Å². The summed E-state index contributed by atoms with van der Waals surface area (Å²) in [5.74, 6) is 0.953. The van der Waals surface area contributed by atoms with Crippen molar-refractivity contribution in [2.24, 2.45) is 7.05 Å². The van der Waals surface area contributed by atoms with E-state index >= 15 is 0 Å². The highest BCUT2D eigenvalue weighted by molar-refractivity contribution is 6.02. The summed E-state index contributed by atoms with van der Waals surface area (Å²) in [6, 6.07) is 12.2. The lowest BCUT2D eigenvalue weighted by molar-refractivity contribution is -0.111. The van der Waals surface area contributed by atoms with Gasteiger partial charge in [0, 0.05) is 49.3 Å². The van der Waals surface area contributed by atoms with E-state index in [4.69, 9.17) is 4.74 Å². The molecule has 190 valence electrons. The zero-order valence-corrected chi connectivity index (χ0v) is 21.4. The molecule has 0 unspecified atom stereocenters. The van der Waals surface area contributed by atoms with Crippen LogP contribution < -0.4 is 20.3 Å². The van der Waals surface area contributed by atoms with Crippen molar-refractivity contribution >= 4 is 39.7 Å². The molecule has 0 spiro atoms. The minimum Gasteiger partial charge on any atom is -0.494 e. The molecule has 37 heavy (non-hydrogen) atoms. The number of likely N-dealkylation sites (N-methyl/N-ethyl adjacent to an activating group) is 1. The Labute approximate surface area is 215 Å². The minimum atomic E-state index is -0.280. The smallest absolute Gasteiger partial charge is 0.247 e. The molecular formula is C27H30N8O2. The standard InChI is InChI=1S/C27H30N8O2/c1-6-27(36)32-21-10-22(25(37-5)12-24(21)35-14-19(15-35)33(2)3)31-26-11-20(28-16-29-26)17-7-8-23-18(9-17)13-30-34(23)4/h6-13,16,19H,1,14-15H2,2-5H3,(H,32,36)(H,28,29,31). The molecule has 0 aliphatic carbocycles. The predicted molar refractivity (Wildman–Crippen MR) is 147 cm³/mol. The first kappa shape index (κ1) is 24.3. The van der Waals surface area contributed by atoms with E-state index < -0.39 is 0 Å². The van der Waals surface area contributed by atoms with E-state index in [0.717, 1.165) is 40.9 Å². The van der Waals surface area contributed by atoms with Gasteiger partial charge < -0.3 is 25.2 Å². The second kappa shape index (κ2) is 9.90. The van der Waals surface area contributed by atoms with Gasteiger partial charge >= 0.3 is 0 Å². The quantitative estimate of drug-likeness (QED) is 0.355. The molecule has 0 bridgehead atoms. The molecule has 2 aromatic heterocycles. The van der Waals surface area contributed by atoms with Crippen molar-refractivity contribution in [1.29, 1.82) is 0 Å². The van der Waals surface area contributed by atoms with Crippen LogP contribution in [0, 0.1) is 0 Å². The molecule has 0 radical (unpaired) electrons. The fourth-order valence-electron chi connectivity index (χ4n) is 4.40. The third-order valence-corrected chi connectivity index (χ3v) is 6.67. The maximum absolute atomic E-state index is 12.2. The second-order valence-corrected chi connectivity index (χ2v) is 9.24. The number of aromatic nitrogens is 4. The lowest BCUT2D eigenvalue weighted by atomic mass is 10.0. The van der Waals surface area contributed by atoms with Gasteiger partial charge in [0.2, 0.25) is 5.91 Å². The van der Waals surface area contributed by atoms with Crippen LogP contribution in [-0.2, 0) is 11.8 Å². The molecule has 4 aromatic rings. The Morgan fingerprint density at radius 3 is 2.70 bits per heavy atom. The summed E-state index contributed by atoms with van der Waals surface area (Å²) in [6.07, 6.45) is 4.62. The van der Waals surface area contributed by atoms with E-state index in [-0.39, 0.29) is 5.91 Å². The van der Waals surface area contributed by atoms with E-state index in [9.17, 15) is 4.79 Å². The molecule has 2 N–H and O–H groups in total. The molecule has 0 saturated carbocycles. The van der Waals surface area contributed by atoms with Crippen LogP contribution in [0.25, 0.3) is 22.2 Å². The number of fused-ring (bicyclic) bond motifs is 1. The number of methoxy groups -OCH3 is 1. The predicted octanol–water partition coefficient (Wildman–Crippen LogP) is 3.66. The summed E-state index contributed by atoms with van der Waals surface area (Å²) >= 11 is 0. The second-order valence-electron chi connectivity index (χ2n) is 9.24. The number of ether oxygens (including phenoxy) is 1. The summed E-state index contributed by atoms with van der Waals surface area (Å²) in [7, 11) is 7.68. The fourth-order valence-corrected chi connectivity index (χ4v) is 4.40. The molecule has 0 atom stereocenters. The van der Waals surface area contributed by atoms with Gasteiger partial charge in [0.05, 0.1) is 41.6 Å². The highest BCUT2D eigenvalue weighted by Crippen LogP contribution is 2.40. The van der Waals surface area contributed by atoms with Gasteiger partial charge in [-0.05, 0) is 38.4 Å². The molecular weight excluding hydrogens is 468 g/mol. The Balaban J connectivity index is 1.46. The minimum absolute atomic E-state index is 0.280. The third kappa shape index (κ3) is 4.83. The number of carbonyl (C=O) groups is 1. The van der Waals surface area contributed by atoms with Crippen molar-refractivity contribution in [1.82, 2.24) is 24.6 Å². The van der Waals surface area contributed by atoms with Gasteiger partial charge in [-0.3, -0.25) is 9.48 Å². The molecule has 2 aromatic carbocycles. The van der Waals surface area contributed by atoms with Crippen LogP contribution in [0.2, 0.25) is 0 Å². The van der Waals surface area contributed by atoms with Crippen molar-refractivity contribution in [3.63, 3.8) is 0 Å². The average Bonchev–Trinajstić information content (AvgIpc) is 3.24. The Hall–Kier alpha value is -4.44. The number of rotatable bonds is 8. The first-order valence-electron chi connectivity index (χ1n) is 11.9. The van der Waals surface area contributed by atoms with Gasteiger partial charge in [0.1, 0.15) is 17.9 Å². The maximum Gasteiger partial charge on any atom is 0.247 e. The van der Waals surface area contributed by atoms with Gasteiger partial charge in [-0.15, -0.1) is 0 Å². The molecule has 1 aliphatic heterocycles. The van der Waals surface area contributed by atoms with Gasteiger partial charge in [0.15, 0.2) is 0 Å². The highest BCUT2D eigenvalue weighted by atomic mass is 16.5. The summed E-state index contributed by atoms with van der Waals surface area (Å²) in [4.78, 5) is 25.5. The SMILES string of the molecule is C=CC(=O)Nc1cc(Nc2cc(-c3ccc4c(cnn4C)c3)ncn2)c(OC)cc1N1CC(N(C)C)C1. The maximum atomic E-state index is 12.2. The summed E-state index contributed by atoms with van der Waals surface area (Å²) in [6.45, 7) is 5.30. The molecule has 1 saturated heterocycles. The number of amides is 1. The van der Waals surface area contributed by atoms with Crippen molar-refractivity contribution in [2.45, 2.75) is 6.04 Å². The molecule has 10 heteroatoms. The number of carbonyl (C=O) groups excluding carboxylic acids is 1. The van der Waals surface area contributed by atoms with Crippen molar-refractivity contribution in [3.05, 3.63) is 61.6 Å². The zero-order chi connectivity index (χ0) is 26.1. The first-order chi connectivity index (χ1) is 17.9. The van der Waals surface area contributed by atoms with Crippen LogP contribution in [0.3, 0.4) is 0 Å². The number of nitrogens with zero attached hydrogens (tertiary/aromatic N) is 6. The van der Waals surface area contributed by atoms with E-state index in [2.05, 4.69) is 62.2 Å².